The van der Waals surface area contributed by atoms with Crippen molar-refractivity contribution in [3.8, 4) is 0 Å². The Morgan fingerprint density at radius 1 is 1.07 bits per heavy atom. The fraction of sp³-hybridized carbons (Fsp3) is 0.364. The average Bonchev–Trinajstić information content (AvgIpc) is 3.04. The van der Waals surface area contributed by atoms with Crippen LogP contribution >= 0.6 is 0 Å². The number of anilines is 3. The molecule has 0 aromatic heterocycles. The van der Waals surface area contributed by atoms with E-state index in [0.717, 1.165) is 46.7 Å². The molecule has 0 bridgehead atoms. The third kappa shape index (κ3) is 4.13. The number of nitrogens with zero attached hydrogens (tertiary/aromatic N) is 1. The first-order valence-corrected chi connectivity index (χ1v) is 9.41. The molecule has 5 nitrogen and oxygen atoms in total. The minimum atomic E-state index is -0.386. The van der Waals surface area contributed by atoms with Gasteiger partial charge in [0.2, 0.25) is 11.8 Å². The molecule has 1 aliphatic heterocycles. The Morgan fingerprint density at radius 3 is 2.37 bits per heavy atom. The molecule has 1 heterocycles. The van der Waals surface area contributed by atoms with Gasteiger partial charge in [0, 0.05) is 30.0 Å². The molecule has 2 N–H and O–H groups in total. The van der Waals surface area contributed by atoms with Gasteiger partial charge in [-0.25, -0.2) is 0 Å². The van der Waals surface area contributed by atoms with E-state index in [4.69, 9.17) is 0 Å². The molecule has 1 fully saturated rings. The Hall–Kier alpha value is -2.82. The number of rotatable bonds is 5. The summed E-state index contributed by atoms with van der Waals surface area (Å²) >= 11 is 0. The first-order chi connectivity index (χ1) is 12.9. The molecule has 2 aromatic rings. The molecule has 0 aliphatic carbocycles. The molecule has 142 valence electrons. The molecular formula is C22H27N3O2. The van der Waals surface area contributed by atoms with Crippen molar-refractivity contribution in [2.75, 3.05) is 22.1 Å². The van der Waals surface area contributed by atoms with E-state index in [2.05, 4.69) is 10.6 Å². The highest BCUT2D eigenvalue weighted by Crippen LogP contribution is 2.28. The molecular weight excluding hydrogens is 338 g/mol. The van der Waals surface area contributed by atoms with Crippen LogP contribution in [0.5, 0.6) is 0 Å². The van der Waals surface area contributed by atoms with Crippen molar-refractivity contribution in [1.29, 1.82) is 0 Å². The first kappa shape index (κ1) is 19.0. The summed E-state index contributed by atoms with van der Waals surface area (Å²) in [6, 6.07) is 11.4. The minimum Gasteiger partial charge on any atom is -0.374 e. The van der Waals surface area contributed by atoms with Gasteiger partial charge in [-0.05, 0) is 69.0 Å². The zero-order valence-corrected chi connectivity index (χ0v) is 16.4. The highest BCUT2D eigenvalue weighted by molar-refractivity contribution is 5.98. The molecule has 2 amide bonds. The molecule has 27 heavy (non-hydrogen) atoms. The number of nitrogens with one attached hydrogen (secondary N) is 2. The second kappa shape index (κ2) is 7.82. The lowest BCUT2D eigenvalue weighted by Gasteiger charge is -2.21. The molecule has 1 unspecified atom stereocenters. The van der Waals surface area contributed by atoms with Gasteiger partial charge < -0.3 is 15.5 Å². The van der Waals surface area contributed by atoms with E-state index < -0.39 is 0 Å². The van der Waals surface area contributed by atoms with Gasteiger partial charge >= 0.3 is 0 Å². The maximum Gasteiger partial charge on any atom is 0.246 e. The smallest absolute Gasteiger partial charge is 0.246 e. The third-order valence-electron chi connectivity index (χ3n) is 5.07. The molecule has 0 radical (unpaired) electrons. The summed E-state index contributed by atoms with van der Waals surface area (Å²) in [7, 11) is 0. The maximum absolute atomic E-state index is 12.6. The van der Waals surface area contributed by atoms with Gasteiger partial charge in [-0.3, -0.25) is 9.59 Å². The molecule has 1 atom stereocenters. The summed E-state index contributed by atoms with van der Waals surface area (Å²) in [5, 5.41) is 6.28. The van der Waals surface area contributed by atoms with Crippen molar-refractivity contribution in [3.63, 3.8) is 0 Å². The van der Waals surface area contributed by atoms with Crippen molar-refractivity contribution in [1.82, 2.24) is 0 Å². The lowest BCUT2D eigenvalue weighted by atomic mass is 10.1. The number of benzene rings is 2. The van der Waals surface area contributed by atoms with Gasteiger partial charge in [0.25, 0.3) is 0 Å². The zero-order valence-electron chi connectivity index (χ0n) is 16.4. The summed E-state index contributed by atoms with van der Waals surface area (Å²) in [5.41, 5.74) is 5.81. The van der Waals surface area contributed by atoms with Crippen molar-refractivity contribution >= 4 is 28.9 Å². The van der Waals surface area contributed by atoms with Crippen LogP contribution in [-0.4, -0.2) is 24.4 Å². The lowest BCUT2D eigenvalue weighted by molar-refractivity contribution is -0.117. The topological polar surface area (TPSA) is 61.4 Å². The van der Waals surface area contributed by atoms with Crippen LogP contribution in [0.2, 0.25) is 0 Å². The molecule has 0 saturated carbocycles. The number of hydrogen-bond donors (Lipinski definition) is 2. The third-order valence-corrected chi connectivity index (χ3v) is 5.07. The van der Waals surface area contributed by atoms with Crippen LogP contribution in [0.1, 0.15) is 36.5 Å². The Morgan fingerprint density at radius 2 is 1.78 bits per heavy atom. The Balaban J connectivity index is 1.68. The van der Waals surface area contributed by atoms with E-state index in [-0.39, 0.29) is 17.9 Å². The number of aryl methyl sites for hydroxylation is 3. The number of hydrogen-bond acceptors (Lipinski definition) is 3. The number of carbonyl (C=O) groups is 2. The van der Waals surface area contributed by atoms with Crippen LogP contribution in [0.25, 0.3) is 0 Å². The maximum atomic E-state index is 12.6. The molecule has 1 aliphatic rings. The van der Waals surface area contributed by atoms with Crippen LogP contribution in [0, 0.1) is 20.8 Å². The predicted octanol–water partition coefficient (Wildman–Crippen LogP) is 4.18. The van der Waals surface area contributed by atoms with Crippen LogP contribution in [0.3, 0.4) is 0 Å². The van der Waals surface area contributed by atoms with Crippen LogP contribution in [-0.2, 0) is 9.59 Å². The summed E-state index contributed by atoms with van der Waals surface area (Å²) in [4.78, 5) is 26.4. The van der Waals surface area contributed by atoms with Gasteiger partial charge in [-0.1, -0.05) is 18.2 Å². The lowest BCUT2D eigenvalue weighted by Crippen LogP contribution is -2.32. The number of para-hydroxylation sites is 1. The second-order valence-electron chi connectivity index (χ2n) is 7.27. The van der Waals surface area contributed by atoms with Crippen molar-refractivity contribution in [2.45, 2.75) is 46.6 Å². The standard InChI is InChI=1S/C22H27N3O2/c1-14-7-5-8-15(2)21(14)24-22(27)17(4)23-18-10-11-19(16(3)13-18)25-12-6-9-20(25)26/h5,7-8,10-11,13,17,23H,6,9,12H2,1-4H3,(H,24,27). The number of amides is 2. The van der Waals surface area contributed by atoms with E-state index in [1.807, 2.05) is 69.0 Å². The SMILES string of the molecule is Cc1cc(NC(C)C(=O)Nc2c(C)cccc2C)ccc1N1CCCC1=O. The monoisotopic (exact) mass is 365 g/mol. The second-order valence-corrected chi connectivity index (χ2v) is 7.27. The van der Waals surface area contributed by atoms with Gasteiger partial charge in [-0.2, -0.15) is 0 Å². The number of carbonyl (C=O) groups excluding carboxylic acids is 2. The molecule has 1 saturated heterocycles. The van der Waals surface area contributed by atoms with E-state index in [0.29, 0.717) is 6.42 Å². The van der Waals surface area contributed by atoms with Gasteiger partial charge in [0.15, 0.2) is 0 Å². The molecule has 3 rings (SSSR count). The van der Waals surface area contributed by atoms with Crippen molar-refractivity contribution in [2.24, 2.45) is 0 Å². The van der Waals surface area contributed by atoms with Crippen LogP contribution < -0.4 is 15.5 Å². The minimum absolute atomic E-state index is 0.0798. The van der Waals surface area contributed by atoms with E-state index in [9.17, 15) is 9.59 Å². The highest BCUT2D eigenvalue weighted by Gasteiger charge is 2.23. The summed E-state index contributed by atoms with van der Waals surface area (Å²) in [6.45, 7) is 8.59. The Bertz CT molecular complexity index is 856. The normalized spacial score (nSPS) is 15.0. The molecule has 0 spiro atoms. The van der Waals surface area contributed by atoms with Gasteiger partial charge in [-0.15, -0.1) is 0 Å². The molecule has 2 aromatic carbocycles. The average molecular weight is 365 g/mol. The van der Waals surface area contributed by atoms with Gasteiger partial charge in [0.1, 0.15) is 6.04 Å². The summed E-state index contributed by atoms with van der Waals surface area (Å²) in [6.07, 6.45) is 1.53. The van der Waals surface area contributed by atoms with E-state index >= 15 is 0 Å². The first-order valence-electron chi connectivity index (χ1n) is 9.41. The largest absolute Gasteiger partial charge is 0.374 e. The van der Waals surface area contributed by atoms with E-state index in [1.54, 1.807) is 0 Å². The van der Waals surface area contributed by atoms with Crippen LogP contribution in [0.15, 0.2) is 36.4 Å². The van der Waals surface area contributed by atoms with Gasteiger partial charge in [0.05, 0.1) is 0 Å². The fourth-order valence-electron chi connectivity index (χ4n) is 3.51. The quantitative estimate of drug-likeness (QED) is 0.836. The summed E-state index contributed by atoms with van der Waals surface area (Å²) < 4.78 is 0. The Kier molecular flexibility index (Phi) is 5.49. The van der Waals surface area contributed by atoms with Crippen molar-refractivity contribution < 1.29 is 9.59 Å². The van der Waals surface area contributed by atoms with Crippen LogP contribution in [0.4, 0.5) is 17.1 Å². The highest BCUT2D eigenvalue weighted by atomic mass is 16.2. The van der Waals surface area contributed by atoms with E-state index in [1.165, 1.54) is 0 Å². The van der Waals surface area contributed by atoms with Crippen molar-refractivity contribution in [3.05, 3.63) is 53.1 Å². The predicted molar refractivity (Wildman–Crippen MR) is 110 cm³/mol. The fourth-order valence-corrected chi connectivity index (χ4v) is 3.51. The zero-order chi connectivity index (χ0) is 19.6. The Labute approximate surface area is 160 Å². The molecule has 5 heteroatoms. The summed E-state index contributed by atoms with van der Waals surface area (Å²) in [5.74, 6) is 0.101.